The molecule has 0 heterocycles. The lowest BCUT2D eigenvalue weighted by Crippen LogP contribution is -2.08. The summed E-state index contributed by atoms with van der Waals surface area (Å²) in [6.45, 7) is 2.59. The Morgan fingerprint density at radius 1 is 1.71 bits per heavy atom. The maximum atomic E-state index is 8.73. The minimum Gasteiger partial charge on any atom is -0.432 e. The molecule has 0 aliphatic heterocycles. The van der Waals surface area contributed by atoms with Gasteiger partial charge in [0.15, 0.2) is 0 Å². The van der Waals surface area contributed by atoms with E-state index in [1.54, 1.807) is 0 Å². The fraction of sp³-hybridized carbons (Fsp3) is 1.00. The summed E-state index contributed by atoms with van der Waals surface area (Å²) in [4.78, 5) is 8.73. The maximum absolute atomic E-state index is 8.73. The molecule has 0 aromatic heterocycles. The van der Waals surface area contributed by atoms with Gasteiger partial charge in [0.1, 0.15) is 0 Å². The Bertz CT molecular complexity index is 40.7. The van der Waals surface area contributed by atoms with Crippen molar-refractivity contribution in [1.82, 2.24) is 0 Å². The SMILES string of the molecule is C[Si](O)CCCN. The third kappa shape index (κ3) is 6.14. The highest BCUT2D eigenvalue weighted by Gasteiger charge is 1.95. The molecule has 0 bridgehead atoms. The molecule has 3 N–H and O–H groups in total. The number of hydrogen-bond acceptors (Lipinski definition) is 2. The first kappa shape index (κ1) is 7.14. The summed E-state index contributed by atoms with van der Waals surface area (Å²) in [5.74, 6) is 0. The van der Waals surface area contributed by atoms with E-state index >= 15 is 0 Å². The Kier molecular flexibility index (Phi) is 4.38. The molecule has 0 saturated heterocycles. The monoisotopic (exact) mass is 118 g/mol. The summed E-state index contributed by atoms with van der Waals surface area (Å²) >= 11 is 0. The normalized spacial score (nSPS) is 10.3. The molecule has 0 unspecified atom stereocenters. The van der Waals surface area contributed by atoms with E-state index in [9.17, 15) is 0 Å². The standard InChI is InChI=1S/C4H12NOSi/c1-7(6)4-2-3-5/h6H,2-5H2,1H3. The molecular formula is C4H12NOSi. The van der Waals surface area contributed by atoms with Crippen LogP contribution in [0.2, 0.25) is 12.6 Å². The smallest absolute Gasteiger partial charge is 0.203 e. The van der Waals surface area contributed by atoms with Gasteiger partial charge in [-0.1, -0.05) is 0 Å². The number of hydrogen-bond donors (Lipinski definition) is 2. The maximum Gasteiger partial charge on any atom is 0.203 e. The summed E-state index contributed by atoms with van der Waals surface area (Å²) in [5, 5.41) is 0. The third-order valence-corrected chi connectivity index (χ3v) is 1.82. The van der Waals surface area contributed by atoms with Gasteiger partial charge in [-0.05, 0) is 25.6 Å². The summed E-state index contributed by atoms with van der Waals surface area (Å²) in [5.41, 5.74) is 5.18. The second-order valence-corrected chi connectivity index (χ2v) is 3.60. The van der Waals surface area contributed by atoms with Crippen LogP contribution in [0.4, 0.5) is 0 Å². The highest BCUT2D eigenvalue weighted by molar-refractivity contribution is 6.48. The van der Waals surface area contributed by atoms with Gasteiger partial charge in [-0.15, -0.1) is 0 Å². The minimum atomic E-state index is -0.977. The number of rotatable bonds is 3. The van der Waals surface area contributed by atoms with Gasteiger partial charge in [0.05, 0.1) is 0 Å². The van der Waals surface area contributed by atoms with Crippen molar-refractivity contribution in [2.24, 2.45) is 5.73 Å². The molecule has 0 atom stereocenters. The topological polar surface area (TPSA) is 46.2 Å². The van der Waals surface area contributed by atoms with E-state index in [4.69, 9.17) is 10.5 Å². The lowest BCUT2D eigenvalue weighted by Gasteiger charge is -1.94. The Hall–Kier alpha value is 0.137. The minimum absolute atomic E-state index is 0.711. The van der Waals surface area contributed by atoms with Crippen LogP contribution in [0.15, 0.2) is 0 Å². The predicted molar refractivity (Wildman–Crippen MR) is 32.3 cm³/mol. The quantitative estimate of drug-likeness (QED) is 0.510. The molecule has 0 aromatic rings. The van der Waals surface area contributed by atoms with E-state index in [-0.39, 0.29) is 0 Å². The zero-order chi connectivity index (χ0) is 5.70. The van der Waals surface area contributed by atoms with Crippen LogP contribution in [0.25, 0.3) is 0 Å². The average molecular weight is 118 g/mol. The Labute approximate surface area is 46.1 Å². The van der Waals surface area contributed by atoms with Crippen LogP contribution in [-0.2, 0) is 0 Å². The van der Waals surface area contributed by atoms with Gasteiger partial charge in [0.25, 0.3) is 0 Å². The highest BCUT2D eigenvalue weighted by Crippen LogP contribution is 1.89. The Morgan fingerprint density at radius 2 is 2.29 bits per heavy atom. The molecule has 2 nitrogen and oxygen atoms in total. The first-order chi connectivity index (χ1) is 3.27. The second kappa shape index (κ2) is 4.30. The fourth-order valence-corrected chi connectivity index (χ4v) is 1.07. The lowest BCUT2D eigenvalue weighted by molar-refractivity contribution is 0.572. The van der Waals surface area contributed by atoms with Gasteiger partial charge in [0.2, 0.25) is 9.04 Å². The van der Waals surface area contributed by atoms with E-state index in [0.717, 1.165) is 12.5 Å². The molecule has 0 aliphatic rings. The summed E-state index contributed by atoms with van der Waals surface area (Å²) in [6, 6.07) is 0.932. The average Bonchev–Trinajstić information content (AvgIpc) is 1.61. The van der Waals surface area contributed by atoms with Gasteiger partial charge < -0.3 is 10.5 Å². The third-order valence-electron chi connectivity index (χ3n) is 0.743. The molecule has 7 heavy (non-hydrogen) atoms. The lowest BCUT2D eigenvalue weighted by atomic mass is 10.5. The molecule has 0 fully saturated rings. The van der Waals surface area contributed by atoms with Crippen molar-refractivity contribution in [3.05, 3.63) is 0 Å². The van der Waals surface area contributed by atoms with Crippen molar-refractivity contribution in [3.63, 3.8) is 0 Å². The molecule has 1 radical (unpaired) electrons. The highest BCUT2D eigenvalue weighted by atomic mass is 28.3. The van der Waals surface area contributed by atoms with Gasteiger partial charge in [-0.3, -0.25) is 0 Å². The van der Waals surface area contributed by atoms with E-state index in [1.807, 2.05) is 6.55 Å². The second-order valence-electron chi connectivity index (χ2n) is 1.63. The van der Waals surface area contributed by atoms with Crippen LogP contribution in [-0.4, -0.2) is 20.4 Å². The zero-order valence-corrected chi connectivity index (χ0v) is 5.65. The molecule has 0 aliphatic carbocycles. The molecule has 0 aromatic carbocycles. The predicted octanol–water partition coefficient (Wildman–Crippen LogP) is -0.0512. The van der Waals surface area contributed by atoms with Gasteiger partial charge in [0, 0.05) is 0 Å². The van der Waals surface area contributed by atoms with Crippen LogP contribution >= 0.6 is 0 Å². The van der Waals surface area contributed by atoms with Crippen molar-refractivity contribution in [1.29, 1.82) is 0 Å². The van der Waals surface area contributed by atoms with E-state index < -0.39 is 9.04 Å². The van der Waals surface area contributed by atoms with Crippen molar-refractivity contribution < 1.29 is 4.80 Å². The summed E-state index contributed by atoms with van der Waals surface area (Å²) in [7, 11) is -0.977. The molecule has 0 rings (SSSR count). The number of nitrogens with two attached hydrogens (primary N) is 1. The van der Waals surface area contributed by atoms with Gasteiger partial charge >= 0.3 is 0 Å². The summed E-state index contributed by atoms with van der Waals surface area (Å²) in [6.07, 6.45) is 0.974. The Morgan fingerprint density at radius 3 is 2.43 bits per heavy atom. The molecule has 3 heteroatoms. The molecular weight excluding hydrogens is 106 g/mol. The van der Waals surface area contributed by atoms with E-state index in [0.29, 0.717) is 6.54 Å². The van der Waals surface area contributed by atoms with Crippen LogP contribution in [0.5, 0.6) is 0 Å². The van der Waals surface area contributed by atoms with E-state index in [2.05, 4.69) is 0 Å². The van der Waals surface area contributed by atoms with Crippen molar-refractivity contribution in [2.45, 2.75) is 19.0 Å². The van der Waals surface area contributed by atoms with E-state index in [1.165, 1.54) is 0 Å². The van der Waals surface area contributed by atoms with Crippen molar-refractivity contribution in [2.75, 3.05) is 6.54 Å². The molecule has 0 saturated carbocycles. The van der Waals surface area contributed by atoms with Crippen LogP contribution in [0, 0.1) is 0 Å². The van der Waals surface area contributed by atoms with Crippen LogP contribution in [0.1, 0.15) is 6.42 Å². The molecule has 43 valence electrons. The summed E-state index contributed by atoms with van der Waals surface area (Å²) < 4.78 is 0. The zero-order valence-electron chi connectivity index (χ0n) is 4.65. The van der Waals surface area contributed by atoms with Gasteiger partial charge in [-0.2, -0.15) is 0 Å². The van der Waals surface area contributed by atoms with Crippen LogP contribution < -0.4 is 5.73 Å². The molecule has 0 amide bonds. The fourth-order valence-electron chi connectivity index (χ4n) is 0.358. The van der Waals surface area contributed by atoms with Crippen LogP contribution in [0.3, 0.4) is 0 Å². The Balaban J connectivity index is 2.68. The first-order valence-electron chi connectivity index (χ1n) is 2.49. The largest absolute Gasteiger partial charge is 0.432 e. The first-order valence-corrected chi connectivity index (χ1v) is 4.64. The van der Waals surface area contributed by atoms with Crippen molar-refractivity contribution >= 4 is 9.04 Å². The van der Waals surface area contributed by atoms with Crippen molar-refractivity contribution in [3.8, 4) is 0 Å². The van der Waals surface area contributed by atoms with Gasteiger partial charge in [-0.25, -0.2) is 0 Å². The molecule has 0 spiro atoms.